The van der Waals surface area contributed by atoms with Crippen LogP contribution in [0.1, 0.15) is 38.5 Å². The Hall–Kier alpha value is 0.140. The summed E-state index contributed by atoms with van der Waals surface area (Å²) in [5.41, 5.74) is 0. The van der Waals surface area contributed by atoms with Gasteiger partial charge < -0.3 is 18.9 Å². The van der Waals surface area contributed by atoms with Crippen molar-refractivity contribution in [2.75, 3.05) is 49.4 Å². The van der Waals surface area contributed by atoms with E-state index >= 15 is 0 Å². The summed E-state index contributed by atoms with van der Waals surface area (Å²) in [5.74, 6) is 1.84. The molecular weight excluding hydrogens is 352 g/mol. The Morgan fingerprint density at radius 3 is 1.54 bits per heavy atom. The van der Waals surface area contributed by atoms with Gasteiger partial charge in [-0.2, -0.15) is 0 Å². The van der Waals surface area contributed by atoms with Crippen LogP contribution in [0.15, 0.2) is 0 Å². The van der Waals surface area contributed by atoms with Crippen LogP contribution in [-0.4, -0.2) is 70.4 Å². The van der Waals surface area contributed by atoms with Crippen molar-refractivity contribution >= 4 is 21.6 Å². The van der Waals surface area contributed by atoms with E-state index in [9.17, 15) is 8.42 Å². The van der Waals surface area contributed by atoms with E-state index in [-0.39, 0.29) is 12.6 Å². The van der Waals surface area contributed by atoms with Crippen LogP contribution in [0.25, 0.3) is 0 Å². The lowest BCUT2D eigenvalue weighted by Gasteiger charge is -2.22. The van der Waals surface area contributed by atoms with Gasteiger partial charge in [0.05, 0.1) is 13.2 Å². The summed E-state index contributed by atoms with van der Waals surface area (Å²) in [6, 6.07) is 0. The highest BCUT2D eigenvalue weighted by Gasteiger charge is 2.15. The monoisotopic (exact) mass is 382 g/mol. The van der Waals surface area contributed by atoms with Crippen LogP contribution in [0.3, 0.4) is 0 Å². The van der Waals surface area contributed by atoms with Crippen molar-refractivity contribution in [2.45, 2.75) is 51.1 Å². The van der Waals surface area contributed by atoms with Crippen molar-refractivity contribution in [1.82, 2.24) is 0 Å². The highest BCUT2D eigenvalue weighted by Crippen LogP contribution is 2.14. The van der Waals surface area contributed by atoms with Crippen LogP contribution in [-0.2, 0) is 40.5 Å². The van der Waals surface area contributed by atoms with E-state index in [1.807, 2.05) is 0 Å². The van der Waals surface area contributed by atoms with Crippen molar-refractivity contribution in [2.24, 2.45) is 0 Å². The molecule has 0 N–H and O–H groups in total. The molecule has 2 rings (SSSR count). The molecule has 0 spiro atoms. The van der Waals surface area contributed by atoms with Crippen LogP contribution in [0, 0.1) is 0 Å². The molecule has 2 aliphatic heterocycles. The Kier molecular flexibility index (Phi) is 10.6. The first-order chi connectivity index (χ1) is 11.7. The average molecular weight is 383 g/mol. The minimum atomic E-state index is -0.994. The second-order valence-corrected chi connectivity index (χ2v) is 9.42. The fraction of sp³-hybridized carbons (Fsp3) is 1.00. The largest absolute Gasteiger partial charge is 0.353 e. The molecule has 0 radical (unpaired) electrons. The van der Waals surface area contributed by atoms with E-state index in [2.05, 4.69) is 0 Å². The van der Waals surface area contributed by atoms with E-state index in [1.165, 1.54) is 0 Å². The van der Waals surface area contributed by atoms with Gasteiger partial charge in [0.1, 0.15) is 0 Å². The molecule has 6 nitrogen and oxygen atoms in total. The minimum Gasteiger partial charge on any atom is -0.353 e. The molecule has 4 unspecified atom stereocenters. The first-order valence-electron chi connectivity index (χ1n) is 8.90. The van der Waals surface area contributed by atoms with E-state index in [1.54, 1.807) is 0 Å². The predicted molar refractivity (Wildman–Crippen MR) is 94.8 cm³/mol. The molecule has 4 atom stereocenters. The molecular formula is C16H30O6S2. The van der Waals surface area contributed by atoms with Gasteiger partial charge in [-0.3, -0.25) is 8.42 Å². The number of hydrogen-bond donors (Lipinski definition) is 0. The fourth-order valence-corrected chi connectivity index (χ4v) is 5.08. The summed E-state index contributed by atoms with van der Waals surface area (Å²) >= 11 is 0. The van der Waals surface area contributed by atoms with Crippen molar-refractivity contribution in [3.63, 3.8) is 0 Å². The number of hydrogen-bond acceptors (Lipinski definition) is 6. The molecule has 142 valence electrons. The van der Waals surface area contributed by atoms with Crippen molar-refractivity contribution in [1.29, 1.82) is 0 Å². The third-order valence-corrected chi connectivity index (χ3v) is 6.87. The smallest absolute Gasteiger partial charge is 0.157 e. The maximum absolute atomic E-state index is 11.9. The highest BCUT2D eigenvalue weighted by atomic mass is 32.2. The van der Waals surface area contributed by atoms with Gasteiger partial charge in [-0.25, -0.2) is 0 Å². The summed E-state index contributed by atoms with van der Waals surface area (Å²) in [7, 11) is -1.99. The first kappa shape index (κ1) is 20.5. The molecule has 8 heteroatoms. The third-order valence-electron chi connectivity index (χ3n) is 4.04. The lowest BCUT2D eigenvalue weighted by Crippen LogP contribution is -2.25. The Labute approximate surface area is 149 Å². The van der Waals surface area contributed by atoms with Gasteiger partial charge in [0.2, 0.25) is 0 Å². The lowest BCUT2D eigenvalue weighted by molar-refractivity contribution is -0.159. The maximum Gasteiger partial charge on any atom is 0.157 e. The molecule has 2 saturated heterocycles. The van der Waals surface area contributed by atoms with E-state index in [4.69, 9.17) is 18.9 Å². The summed E-state index contributed by atoms with van der Waals surface area (Å²) in [6.45, 7) is 2.37. The Balaban J connectivity index is 1.44. The third kappa shape index (κ3) is 9.01. The SMILES string of the molecule is O=S(CCOC1CCCCO1)CCS(=O)CCOC1CCCCO1. The predicted octanol–water partition coefficient (Wildman–Crippen LogP) is 1.57. The standard InChI is InChI=1S/C16H30O6S2/c17-23(11-9-21-15-5-1-3-7-19-15)13-14-24(18)12-10-22-16-6-2-4-8-20-16/h15-16H,1-14H2. The molecule has 0 bridgehead atoms. The first-order valence-corrected chi connectivity index (χ1v) is 11.9. The lowest BCUT2D eigenvalue weighted by atomic mass is 10.2. The van der Waals surface area contributed by atoms with Crippen molar-refractivity contribution in [3.05, 3.63) is 0 Å². The second-order valence-electron chi connectivity index (χ2n) is 6.03. The molecule has 2 aliphatic rings. The van der Waals surface area contributed by atoms with Gasteiger partial charge >= 0.3 is 0 Å². The van der Waals surface area contributed by atoms with Gasteiger partial charge in [0, 0.05) is 57.8 Å². The Morgan fingerprint density at radius 2 is 1.17 bits per heavy atom. The van der Waals surface area contributed by atoms with Crippen LogP contribution in [0.4, 0.5) is 0 Å². The quantitative estimate of drug-likeness (QED) is 0.540. The number of ether oxygens (including phenoxy) is 4. The average Bonchev–Trinajstić information content (AvgIpc) is 2.62. The van der Waals surface area contributed by atoms with Gasteiger partial charge in [-0.1, -0.05) is 0 Å². The molecule has 0 aliphatic carbocycles. The topological polar surface area (TPSA) is 71.1 Å². The normalized spacial score (nSPS) is 27.7. The van der Waals surface area contributed by atoms with Gasteiger partial charge in [-0.05, 0) is 38.5 Å². The van der Waals surface area contributed by atoms with E-state index < -0.39 is 21.6 Å². The van der Waals surface area contributed by atoms with E-state index in [0.717, 1.165) is 51.7 Å². The van der Waals surface area contributed by atoms with Gasteiger partial charge in [0.15, 0.2) is 12.6 Å². The summed E-state index contributed by atoms with van der Waals surface area (Å²) in [6.07, 6.45) is 6.00. The van der Waals surface area contributed by atoms with E-state index in [0.29, 0.717) is 36.2 Å². The molecule has 0 aromatic rings. The summed E-state index contributed by atoms with van der Waals surface area (Å²) in [5, 5.41) is 0. The zero-order valence-corrected chi connectivity index (χ0v) is 16.0. The van der Waals surface area contributed by atoms with Crippen LogP contribution in [0.2, 0.25) is 0 Å². The zero-order valence-electron chi connectivity index (χ0n) is 14.3. The van der Waals surface area contributed by atoms with Crippen molar-refractivity contribution in [3.8, 4) is 0 Å². The molecule has 0 aromatic heterocycles. The Morgan fingerprint density at radius 1 is 0.708 bits per heavy atom. The van der Waals surface area contributed by atoms with Gasteiger partial charge in [0.25, 0.3) is 0 Å². The van der Waals surface area contributed by atoms with Crippen LogP contribution >= 0.6 is 0 Å². The fourth-order valence-electron chi connectivity index (χ4n) is 2.62. The molecule has 2 heterocycles. The molecule has 24 heavy (non-hydrogen) atoms. The highest BCUT2D eigenvalue weighted by molar-refractivity contribution is 7.88. The minimum absolute atomic E-state index is 0.135. The van der Waals surface area contributed by atoms with Crippen LogP contribution < -0.4 is 0 Å². The number of rotatable bonds is 11. The zero-order chi connectivity index (χ0) is 17.0. The molecule has 0 aromatic carbocycles. The maximum atomic E-state index is 11.9. The Bertz CT molecular complexity index is 345. The second kappa shape index (κ2) is 12.5. The summed E-state index contributed by atoms with van der Waals surface area (Å²) in [4.78, 5) is 0. The van der Waals surface area contributed by atoms with Crippen molar-refractivity contribution < 1.29 is 27.4 Å². The molecule has 0 amide bonds. The molecule has 2 fully saturated rings. The summed E-state index contributed by atoms with van der Waals surface area (Å²) < 4.78 is 45.9. The van der Waals surface area contributed by atoms with Crippen LogP contribution in [0.5, 0.6) is 0 Å². The van der Waals surface area contributed by atoms with Gasteiger partial charge in [-0.15, -0.1) is 0 Å². The molecule has 0 saturated carbocycles.